The Hall–Kier alpha value is -1.58. The number of hydrogen-bond donors (Lipinski definition) is 2. The third-order valence-electron chi connectivity index (χ3n) is 2.48. The van der Waals surface area contributed by atoms with Gasteiger partial charge in [0.1, 0.15) is 12.4 Å². The largest absolute Gasteiger partial charge is 0.384 e. The van der Waals surface area contributed by atoms with Crippen molar-refractivity contribution in [3.05, 3.63) is 23.9 Å². The van der Waals surface area contributed by atoms with E-state index >= 15 is 0 Å². The van der Waals surface area contributed by atoms with Gasteiger partial charge in [-0.3, -0.25) is 4.72 Å². The lowest BCUT2D eigenvalue weighted by Gasteiger charge is -2.06. The van der Waals surface area contributed by atoms with Crippen LogP contribution in [-0.2, 0) is 10.0 Å². The highest BCUT2D eigenvalue weighted by atomic mass is 32.2. The summed E-state index contributed by atoms with van der Waals surface area (Å²) in [6.07, 6.45) is 3.45. The van der Waals surface area contributed by atoms with Crippen molar-refractivity contribution in [2.75, 3.05) is 17.1 Å². The van der Waals surface area contributed by atoms with E-state index in [1.54, 1.807) is 12.1 Å². The maximum atomic E-state index is 11.7. The minimum absolute atomic E-state index is 0.154. The monoisotopic (exact) mass is 266 g/mol. The molecule has 96 valence electrons. The summed E-state index contributed by atoms with van der Waals surface area (Å²) < 4.78 is 25.9. The molecule has 0 amide bonds. The van der Waals surface area contributed by atoms with E-state index in [2.05, 4.69) is 21.5 Å². The highest BCUT2D eigenvalue weighted by Crippen LogP contribution is 2.30. The molecule has 0 aromatic carbocycles. The molecule has 1 aromatic rings. The van der Waals surface area contributed by atoms with Gasteiger partial charge in [0.15, 0.2) is 0 Å². The average Bonchev–Trinajstić information content (AvgIpc) is 3.09. The second-order valence-corrected chi connectivity index (χ2v) is 5.98. The second kappa shape index (κ2) is 5.38. The molecule has 1 heterocycles. The molecular formula is C12H14N2O3S. The molecule has 1 saturated carbocycles. The number of pyridine rings is 1. The average molecular weight is 266 g/mol. The highest BCUT2D eigenvalue weighted by Gasteiger charge is 2.28. The summed E-state index contributed by atoms with van der Waals surface area (Å²) in [6, 6.07) is 3.20. The van der Waals surface area contributed by atoms with E-state index in [4.69, 9.17) is 5.11 Å². The fourth-order valence-electron chi connectivity index (χ4n) is 1.50. The van der Waals surface area contributed by atoms with Gasteiger partial charge in [0.05, 0.1) is 5.75 Å². The Labute approximate surface area is 106 Å². The summed E-state index contributed by atoms with van der Waals surface area (Å²) >= 11 is 0. The quantitative estimate of drug-likeness (QED) is 0.781. The predicted molar refractivity (Wildman–Crippen MR) is 68.3 cm³/mol. The van der Waals surface area contributed by atoms with Crippen molar-refractivity contribution in [1.82, 2.24) is 4.98 Å². The minimum Gasteiger partial charge on any atom is -0.384 e. The van der Waals surface area contributed by atoms with Crippen LogP contribution in [0.2, 0.25) is 0 Å². The van der Waals surface area contributed by atoms with Crippen LogP contribution in [0.4, 0.5) is 5.82 Å². The van der Waals surface area contributed by atoms with Gasteiger partial charge in [0, 0.05) is 11.8 Å². The van der Waals surface area contributed by atoms with Gasteiger partial charge in [0.25, 0.3) is 0 Å². The summed E-state index contributed by atoms with van der Waals surface area (Å²) in [5, 5.41) is 8.59. The molecule has 2 rings (SSSR count). The fourth-order valence-corrected chi connectivity index (χ4v) is 2.97. The topological polar surface area (TPSA) is 79.3 Å². The molecule has 5 nitrogen and oxygen atoms in total. The first kappa shape index (κ1) is 12.9. The molecule has 0 atom stereocenters. The molecule has 0 saturated heterocycles. The summed E-state index contributed by atoms with van der Waals surface area (Å²) in [6.45, 7) is -0.231. The van der Waals surface area contributed by atoms with E-state index in [0.717, 1.165) is 12.8 Å². The second-order valence-electron chi connectivity index (χ2n) is 4.22. The number of anilines is 1. The van der Waals surface area contributed by atoms with Gasteiger partial charge >= 0.3 is 0 Å². The molecule has 2 N–H and O–H groups in total. The maximum Gasteiger partial charge on any atom is 0.234 e. The lowest BCUT2D eigenvalue weighted by atomic mass is 10.2. The lowest BCUT2D eigenvalue weighted by Crippen LogP contribution is -2.18. The van der Waals surface area contributed by atoms with E-state index < -0.39 is 10.0 Å². The first-order chi connectivity index (χ1) is 8.59. The van der Waals surface area contributed by atoms with Crippen molar-refractivity contribution in [2.45, 2.75) is 12.8 Å². The van der Waals surface area contributed by atoms with Crippen LogP contribution < -0.4 is 4.72 Å². The van der Waals surface area contributed by atoms with Crippen molar-refractivity contribution < 1.29 is 13.5 Å². The Morgan fingerprint density at radius 1 is 1.50 bits per heavy atom. The van der Waals surface area contributed by atoms with Gasteiger partial charge in [-0.2, -0.15) is 0 Å². The lowest BCUT2D eigenvalue weighted by molar-refractivity contribution is 0.350. The number of nitrogens with zero attached hydrogens (tertiary/aromatic N) is 1. The molecule has 0 aliphatic heterocycles. The molecule has 1 aliphatic carbocycles. The Balaban J connectivity index is 2.08. The van der Waals surface area contributed by atoms with Gasteiger partial charge in [0.2, 0.25) is 10.0 Å². The molecule has 1 aromatic heterocycles. The van der Waals surface area contributed by atoms with E-state index in [9.17, 15) is 8.42 Å². The molecule has 18 heavy (non-hydrogen) atoms. The fraction of sp³-hybridized carbons (Fsp3) is 0.417. The van der Waals surface area contributed by atoms with E-state index in [-0.39, 0.29) is 18.2 Å². The Morgan fingerprint density at radius 2 is 2.28 bits per heavy atom. The van der Waals surface area contributed by atoms with Gasteiger partial charge in [-0.1, -0.05) is 11.8 Å². The number of hydrogen-bond acceptors (Lipinski definition) is 4. The highest BCUT2D eigenvalue weighted by molar-refractivity contribution is 7.92. The number of aromatic nitrogens is 1. The van der Waals surface area contributed by atoms with Crippen LogP contribution in [0.3, 0.4) is 0 Å². The van der Waals surface area contributed by atoms with E-state index in [1.807, 2.05) is 0 Å². The Bertz CT molecular complexity index is 583. The Kier molecular flexibility index (Phi) is 3.84. The SMILES string of the molecule is O=S(=O)(CC1CC1)Nc1cc(C#CCO)ccn1. The number of aliphatic hydroxyl groups excluding tert-OH is 1. The van der Waals surface area contributed by atoms with Crippen LogP contribution in [0.15, 0.2) is 18.3 Å². The van der Waals surface area contributed by atoms with Gasteiger partial charge in [-0.05, 0) is 30.9 Å². The zero-order chi connectivity index (χ0) is 13.0. The van der Waals surface area contributed by atoms with Gasteiger partial charge < -0.3 is 5.11 Å². The van der Waals surface area contributed by atoms with Crippen LogP contribution in [0.5, 0.6) is 0 Å². The zero-order valence-electron chi connectivity index (χ0n) is 9.76. The van der Waals surface area contributed by atoms with Crippen molar-refractivity contribution in [1.29, 1.82) is 0 Å². The van der Waals surface area contributed by atoms with Crippen LogP contribution in [0, 0.1) is 17.8 Å². The number of aliphatic hydroxyl groups is 1. The first-order valence-corrected chi connectivity index (χ1v) is 7.30. The van der Waals surface area contributed by atoms with Crippen molar-refractivity contribution in [3.63, 3.8) is 0 Å². The molecule has 1 fully saturated rings. The smallest absolute Gasteiger partial charge is 0.234 e. The van der Waals surface area contributed by atoms with Crippen LogP contribution >= 0.6 is 0 Å². The summed E-state index contributed by atoms with van der Waals surface area (Å²) in [5.41, 5.74) is 0.614. The molecule has 6 heteroatoms. The van der Waals surface area contributed by atoms with Crippen molar-refractivity contribution in [2.24, 2.45) is 5.92 Å². The molecule has 1 aliphatic rings. The molecule has 0 spiro atoms. The standard InChI is InChI=1S/C12H14N2O3S/c15-7-1-2-10-5-6-13-12(8-10)14-18(16,17)9-11-3-4-11/h5-6,8,11,15H,3-4,7,9H2,(H,13,14). The third kappa shape index (κ3) is 4.02. The van der Waals surface area contributed by atoms with Crippen LogP contribution in [-0.4, -0.2) is 30.9 Å². The van der Waals surface area contributed by atoms with E-state index in [0.29, 0.717) is 11.5 Å². The summed E-state index contributed by atoms with van der Waals surface area (Å²) in [5.74, 6) is 5.91. The summed E-state index contributed by atoms with van der Waals surface area (Å²) in [4.78, 5) is 3.94. The first-order valence-electron chi connectivity index (χ1n) is 5.65. The molecule has 0 bridgehead atoms. The predicted octanol–water partition coefficient (Wildman–Crippen LogP) is 0.577. The number of sulfonamides is 1. The molecule has 0 radical (unpaired) electrons. The Morgan fingerprint density at radius 3 is 2.94 bits per heavy atom. The van der Waals surface area contributed by atoms with Crippen molar-refractivity contribution >= 4 is 15.8 Å². The zero-order valence-corrected chi connectivity index (χ0v) is 10.6. The number of nitrogens with one attached hydrogen (secondary N) is 1. The van der Waals surface area contributed by atoms with Crippen molar-refractivity contribution in [3.8, 4) is 11.8 Å². The normalized spacial score (nSPS) is 14.7. The third-order valence-corrected chi connectivity index (χ3v) is 3.91. The minimum atomic E-state index is -3.32. The van der Waals surface area contributed by atoms with Crippen LogP contribution in [0.25, 0.3) is 0 Å². The molecule has 0 unspecified atom stereocenters. The summed E-state index contributed by atoms with van der Waals surface area (Å²) in [7, 11) is -3.32. The van der Waals surface area contributed by atoms with Gasteiger partial charge in [-0.25, -0.2) is 13.4 Å². The number of rotatable bonds is 4. The van der Waals surface area contributed by atoms with Crippen LogP contribution in [0.1, 0.15) is 18.4 Å². The van der Waals surface area contributed by atoms with Gasteiger partial charge in [-0.15, -0.1) is 0 Å². The maximum absolute atomic E-state index is 11.7. The molecular weight excluding hydrogens is 252 g/mol. The van der Waals surface area contributed by atoms with E-state index in [1.165, 1.54) is 6.20 Å².